The Bertz CT molecular complexity index is 458. The predicted octanol–water partition coefficient (Wildman–Crippen LogP) is 2.14. The lowest BCUT2D eigenvalue weighted by atomic mass is 10.1. The number of nitrogens with zero attached hydrogens (tertiary/aromatic N) is 2. The van der Waals surface area contributed by atoms with Gasteiger partial charge in [-0.2, -0.15) is 0 Å². The predicted molar refractivity (Wildman–Crippen MR) is 78.0 cm³/mol. The Morgan fingerprint density at radius 2 is 2.37 bits per heavy atom. The van der Waals surface area contributed by atoms with Crippen LogP contribution in [0.5, 0.6) is 0 Å². The molecule has 2 rings (SSSR count). The average Bonchev–Trinajstić information content (AvgIpc) is 2.86. The topological polar surface area (TPSA) is 43.8 Å². The van der Waals surface area contributed by atoms with Crippen molar-refractivity contribution < 1.29 is 9.90 Å². The highest BCUT2D eigenvalue weighted by atomic mass is 32.1. The van der Waals surface area contributed by atoms with Gasteiger partial charge in [0, 0.05) is 24.5 Å². The molecule has 1 aliphatic rings. The van der Waals surface area contributed by atoms with E-state index in [2.05, 4.69) is 23.9 Å². The third-order valence-corrected chi connectivity index (χ3v) is 4.81. The lowest BCUT2D eigenvalue weighted by Gasteiger charge is -2.20. The maximum atomic E-state index is 11.0. The number of carboxylic acid groups (broad SMARTS) is 1. The van der Waals surface area contributed by atoms with Gasteiger partial charge in [-0.25, -0.2) is 4.79 Å². The molecule has 1 aromatic rings. The van der Waals surface area contributed by atoms with Crippen LogP contribution < -0.4 is 0 Å². The second-order valence-electron chi connectivity index (χ2n) is 5.61. The van der Waals surface area contributed by atoms with Gasteiger partial charge in [0.15, 0.2) is 0 Å². The molecule has 1 fully saturated rings. The molecule has 0 aromatic carbocycles. The van der Waals surface area contributed by atoms with E-state index < -0.39 is 5.97 Å². The first-order chi connectivity index (χ1) is 8.95. The first-order valence-corrected chi connectivity index (χ1v) is 7.47. The molecule has 19 heavy (non-hydrogen) atoms. The number of likely N-dealkylation sites (tertiary alicyclic amines) is 1. The molecule has 1 saturated heterocycles. The maximum Gasteiger partial charge on any atom is 0.345 e. The average molecular weight is 282 g/mol. The normalized spacial score (nSPS) is 20.3. The molecule has 0 aliphatic carbocycles. The molecule has 0 amide bonds. The third kappa shape index (κ3) is 3.78. The summed E-state index contributed by atoms with van der Waals surface area (Å²) < 4.78 is 0. The van der Waals surface area contributed by atoms with Crippen LogP contribution in [0.3, 0.4) is 0 Å². The highest BCUT2D eigenvalue weighted by Gasteiger charge is 2.21. The van der Waals surface area contributed by atoms with Crippen LogP contribution in [0, 0.1) is 12.8 Å². The van der Waals surface area contributed by atoms with E-state index in [9.17, 15) is 4.79 Å². The van der Waals surface area contributed by atoms with E-state index >= 15 is 0 Å². The van der Waals surface area contributed by atoms with Gasteiger partial charge in [0.1, 0.15) is 4.88 Å². The van der Waals surface area contributed by atoms with Gasteiger partial charge in [0.05, 0.1) is 0 Å². The molecule has 1 unspecified atom stereocenters. The van der Waals surface area contributed by atoms with Crippen molar-refractivity contribution in [3.63, 3.8) is 0 Å². The van der Waals surface area contributed by atoms with Crippen LogP contribution in [-0.2, 0) is 6.54 Å². The summed E-state index contributed by atoms with van der Waals surface area (Å²) in [7, 11) is 4.29. The van der Waals surface area contributed by atoms with Crippen molar-refractivity contribution in [3.8, 4) is 0 Å². The fourth-order valence-electron chi connectivity index (χ4n) is 2.75. The Balaban J connectivity index is 1.91. The van der Waals surface area contributed by atoms with Gasteiger partial charge in [-0.15, -0.1) is 11.3 Å². The Kier molecular flexibility index (Phi) is 4.60. The van der Waals surface area contributed by atoms with Crippen molar-refractivity contribution in [2.75, 3.05) is 33.7 Å². The van der Waals surface area contributed by atoms with Gasteiger partial charge in [-0.1, -0.05) is 0 Å². The molecule has 4 nitrogen and oxygen atoms in total. The first-order valence-electron chi connectivity index (χ1n) is 6.65. The van der Waals surface area contributed by atoms with Gasteiger partial charge in [-0.05, 0) is 51.5 Å². The van der Waals surface area contributed by atoms with E-state index in [1.807, 2.05) is 13.0 Å². The minimum Gasteiger partial charge on any atom is -0.477 e. The number of rotatable bonds is 5. The van der Waals surface area contributed by atoms with E-state index in [-0.39, 0.29) is 0 Å². The first kappa shape index (κ1) is 14.5. The number of thiophene rings is 1. The van der Waals surface area contributed by atoms with Gasteiger partial charge >= 0.3 is 5.97 Å². The van der Waals surface area contributed by atoms with Gasteiger partial charge < -0.3 is 14.9 Å². The largest absolute Gasteiger partial charge is 0.477 e. The highest BCUT2D eigenvalue weighted by molar-refractivity contribution is 7.14. The number of aryl methyl sites for hydroxylation is 1. The number of carbonyl (C=O) groups is 1. The molecular weight excluding hydrogens is 260 g/mol. The van der Waals surface area contributed by atoms with Gasteiger partial charge in [0.25, 0.3) is 0 Å². The zero-order valence-corrected chi connectivity index (χ0v) is 12.7. The molecule has 0 bridgehead atoms. The molecule has 0 saturated carbocycles. The summed E-state index contributed by atoms with van der Waals surface area (Å²) >= 11 is 1.37. The molecule has 0 spiro atoms. The summed E-state index contributed by atoms with van der Waals surface area (Å²) in [6, 6.07) is 1.82. The van der Waals surface area contributed by atoms with Crippen LogP contribution in [-0.4, -0.2) is 54.6 Å². The molecule has 1 atom stereocenters. The monoisotopic (exact) mass is 282 g/mol. The van der Waals surface area contributed by atoms with Gasteiger partial charge in [0.2, 0.25) is 0 Å². The van der Waals surface area contributed by atoms with Crippen molar-refractivity contribution in [2.24, 2.45) is 5.92 Å². The Morgan fingerprint density at radius 1 is 1.63 bits per heavy atom. The van der Waals surface area contributed by atoms with Crippen molar-refractivity contribution in [2.45, 2.75) is 19.9 Å². The number of hydrogen-bond donors (Lipinski definition) is 1. The summed E-state index contributed by atoms with van der Waals surface area (Å²) in [5, 5.41) is 9.01. The Morgan fingerprint density at radius 3 is 2.89 bits per heavy atom. The molecule has 1 aromatic heterocycles. The van der Waals surface area contributed by atoms with Crippen molar-refractivity contribution >= 4 is 17.3 Å². The number of hydrogen-bond acceptors (Lipinski definition) is 4. The minimum absolute atomic E-state index is 0.446. The van der Waals surface area contributed by atoms with Crippen molar-refractivity contribution in [1.82, 2.24) is 9.80 Å². The summed E-state index contributed by atoms with van der Waals surface area (Å²) in [6.07, 6.45) is 1.27. The van der Waals surface area contributed by atoms with E-state index in [1.54, 1.807) is 0 Å². The Hall–Kier alpha value is -0.910. The second-order valence-corrected chi connectivity index (χ2v) is 6.87. The van der Waals surface area contributed by atoms with Crippen molar-refractivity contribution in [3.05, 3.63) is 21.4 Å². The fourth-order valence-corrected chi connectivity index (χ4v) is 3.63. The maximum absolute atomic E-state index is 11.0. The minimum atomic E-state index is -0.820. The quantitative estimate of drug-likeness (QED) is 0.898. The van der Waals surface area contributed by atoms with Crippen LogP contribution in [0.1, 0.15) is 26.5 Å². The van der Waals surface area contributed by atoms with Crippen LogP contribution in [0.25, 0.3) is 0 Å². The van der Waals surface area contributed by atoms with E-state index in [0.717, 1.165) is 29.4 Å². The lowest BCUT2D eigenvalue weighted by Crippen LogP contribution is -2.27. The molecule has 2 heterocycles. The molecule has 0 radical (unpaired) electrons. The molecular formula is C14H22N2O2S. The number of carboxylic acids is 1. The molecule has 5 heteroatoms. The van der Waals surface area contributed by atoms with Gasteiger partial charge in [-0.3, -0.25) is 0 Å². The lowest BCUT2D eigenvalue weighted by molar-refractivity contribution is 0.0702. The summed E-state index contributed by atoms with van der Waals surface area (Å²) in [4.78, 5) is 17.2. The summed E-state index contributed by atoms with van der Waals surface area (Å²) in [5.41, 5.74) is 1.15. The fraction of sp³-hybridized carbons (Fsp3) is 0.643. The second kappa shape index (κ2) is 6.03. The van der Waals surface area contributed by atoms with Crippen LogP contribution >= 0.6 is 11.3 Å². The van der Waals surface area contributed by atoms with Crippen LogP contribution in [0.2, 0.25) is 0 Å². The third-order valence-electron chi connectivity index (χ3n) is 3.73. The standard InChI is InChI=1S/C14H22N2O2S/c1-10-12(6-13(19-10)14(17)18)9-16(3)8-11-4-5-15(2)7-11/h6,11H,4-5,7-9H2,1-3H3,(H,17,18). The van der Waals surface area contributed by atoms with Crippen molar-refractivity contribution in [1.29, 1.82) is 0 Å². The van der Waals surface area contributed by atoms with E-state index in [4.69, 9.17) is 5.11 Å². The van der Waals surface area contributed by atoms with Crippen LogP contribution in [0.15, 0.2) is 6.07 Å². The van der Waals surface area contributed by atoms with E-state index in [1.165, 1.54) is 30.8 Å². The zero-order chi connectivity index (χ0) is 14.0. The Labute approximate surface area is 118 Å². The summed E-state index contributed by atoms with van der Waals surface area (Å²) in [6.45, 7) is 6.30. The van der Waals surface area contributed by atoms with Crippen LogP contribution in [0.4, 0.5) is 0 Å². The van der Waals surface area contributed by atoms with E-state index in [0.29, 0.717) is 4.88 Å². The SMILES string of the molecule is Cc1sc(C(=O)O)cc1CN(C)CC1CCN(C)C1. The summed E-state index contributed by atoms with van der Waals surface area (Å²) in [5.74, 6) is -0.0766. The molecule has 1 aliphatic heterocycles. The molecule has 106 valence electrons. The molecule has 1 N–H and O–H groups in total. The highest BCUT2D eigenvalue weighted by Crippen LogP contribution is 2.23. The number of aromatic carboxylic acids is 1. The smallest absolute Gasteiger partial charge is 0.345 e. The zero-order valence-electron chi connectivity index (χ0n) is 11.8.